The molecule has 1 heteroatoms. The number of hydrogen-bond donors (Lipinski definition) is 0. The fourth-order valence-corrected chi connectivity index (χ4v) is 2.46. The molecule has 1 fully saturated rings. The minimum atomic E-state index is 1.11. The Hall–Kier alpha value is 0.883. The molecule has 0 nitrogen and oxygen atoms in total. The van der Waals surface area contributed by atoms with Gasteiger partial charge >= 0.3 is 73.3 Å². The molecule has 0 aliphatic heterocycles. The second-order valence-corrected chi connectivity index (χ2v) is 5.05. The molecule has 0 radical (unpaired) electrons. The number of hydrogen-bond acceptors (Lipinski definition) is 0. The molecule has 0 saturated heterocycles. The predicted molar refractivity (Wildman–Crippen MR) is 36.1 cm³/mol. The first-order valence-electron chi connectivity index (χ1n) is 4.11. The van der Waals surface area contributed by atoms with E-state index in [-0.39, 0.29) is 0 Å². The van der Waals surface area contributed by atoms with E-state index in [2.05, 4.69) is 0 Å². The van der Waals surface area contributed by atoms with Crippen LogP contribution in [0.5, 0.6) is 0 Å². The molecule has 0 spiro atoms. The van der Waals surface area contributed by atoms with Crippen LogP contribution in [0.1, 0.15) is 44.9 Å². The topological polar surface area (TPSA) is 0 Å². The molecule has 0 atom stereocenters. The van der Waals surface area contributed by atoms with Gasteiger partial charge in [-0.05, 0) is 0 Å². The summed E-state index contributed by atoms with van der Waals surface area (Å²) in [6, 6.07) is 0. The molecule has 0 bridgehead atoms. The summed E-state index contributed by atoms with van der Waals surface area (Å²) >= 11 is 1.78. The van der Waals surface area contributed by atoms with Crippen molar-refractivity contribution < 1.29 is 24.7 Å². The summed E-state index contributed by atoms with van der Waals surface area (Å²) in [5.41, 5.74) is 0. The average Bonchev–Trinajstić information content (AvgIpc) is 1.79. The monoisotopic (exact) mass is 201 g/mol. The molecular weight excluding hydrogens is 187 g/mol. The molecule has 0 amide bonds. The van der Waals surface area contributed by atoms with E-state index < -0.39 is 0 Å². The van der Waals surface area contributed by atoms with Crippen LogP contribution >= 0.6 is 0 Å². The average molecular weight is 202 g/mol. The summed E-state index contributed by atoms with van der Waals surface area (Å²) in [7, 11) is 0. The van der Waals surface area contributed by atoms with Gasteiger partial charge < -0.3 is 0 Å². The molecule has 0 unspecified atom stereocenters. The normalized spacial score (nSPS) is 24.8. The fourth-order valence-electron chi connectivity index (χ4n) is 1.46. The first-order chi connectivity index (χ1) is 4.39. The molecule has 0 aromatic rings. The first-order valence-corrected chi connectivity index (χ1v) is 5.52. The summed E-state index contributed by atoms with van der Waals surface area (Å²) < 4.78 is 1.11. The van der Waals surface area contributed by atoms with Crippen LogP contribution < -0.4 is 0 Å². The van der Waals surface area contributed by atoms with Crippen LogP contribution in [0.4, 0.5) is 0 Å². The summed E-state index contributed by atoms with van der Waals surface area (Å²) in [5.74, 6) is 0. The number of rotatable bonds is 0. The second-order valence-electron chi connectivity index (χ2n) is 3.04. The van der Waals surface area contributed by atoms with Gasteiger partial charge in [-0.1, -0.05) is 0 Å². The molecule has 0 aromatic carbocycles. The minimum absolute atomic E-state index is 1.11. The van der Waals surface area contributed by atoms with Gasteiger partial charge in [-0.25, -0.2) is 0 Å². The van der Waals surface area contributed by atoms with Crippen LogP contribution in [0.15, 0.2) is 0 Å². The van der Waals surface area contributed by atoms with E-state index in [1.165, 1.54) is 44.9 Å². The summed E-state index contributed by atoms with van der Waals surface area (Å²) in [6.45, 7) is 0. The first kappa shape index (κ1) is 7.98. The van der Waals surface area contributed by atoms with Gasteiger partial charge in [0.05, 0.1) is 0 Å². The molecule has 51 valence electrons. The van der Waals surface area contributed by atoms with Crippen molar-refractivity contribution in [2.75, 3.05) is 0 Å². The van der Waals surface area contributed by atoms with Gasteiger partial charge in [0.15, 0.2) is 0 Å². The van der Waals surface area contributed by atoms with Crippen LogP contribution in [-0.4, -0.2) is 0 Å². The van der Waals surface area contributed by atoms with Crippen molar-refractivity contribution in [1.82, 2.24) is 0 Å². The molecule has 0 heterocycles. The molecule has 0 N–H and O–H groups in total. The molecule has 9 heavy (non-hydrogen) atoms. The van der Waals surface area contributed by atoms with Crippen LogP contribution in [-0.2, 0) is 24.7 Å². The van der Waals surface area contributed by atoms with Crippen LogP contribution in [0, 0.1) is 0 Å². The van der Waals surface area contributed by atoms with E-state index in [0.29, 0.717) is 0 Å². The van der Waals surface area contributed by atoms with Crippen molar-refractivity contribution >= 4 is 0 Å². The van der Waals surface area contributed by atoms with Gasteiger partial charge in [0, 0.05) is 0 Å². The van der Waals surface area contributed by atoms with Crippen molar-refractivity contribution in [3.8, 4) is 0 Å². The molecule has 1 rings (SSSR count). The van der Waals surface area contributed by atoms with E-state index in [1.807, 2.05) is 0 Å². The van der Waals surface area contributed by atoms with Gasteiger partial charge in [-0.15, -0.1) is 0 Å². The fraction of sp³-hybridized carbons (Fsp3) is 1.00. The summed E-state index contributed by atoms with van der Waals surface area (Å²) in [5, 5.41) is 0. The third-order valence-electron chi connectivity index (χ3n) is 2.11. The quantitative estimate of drug-likeness (QED) is 0.566. The van der Waals surface area contributed by atoms with E-state index >= 15 is 0 Å². The molecular formula is C8H15Zr. The van der Waals surface area contributed by atoms with Gasteiger partial charge in [0.2, 0.25) is 0 Å². The maximum absolute atomic E-state index is 1.78. The molecule has 1 saturated carbocycles. The van der Waals surface area contributed by atoms with E-state index in [4.69, 9.17) is 0 Å². The van der Waals surface area contributed by atoms with Crippen LogP contribution in [0.25, 0.3) is 0 Å². The van der Waals surface area contributed by atoms with Crippen LogP contribution in [0.2, 0.25) is 3.63 Å². The summed E-state index contributed by atoms with van der Waals surface area (Å²) in [4.78, 5) is 0. The van der Waals surface area contributed by atoms with Crippen molar-refractivity contribution in [1.29, 1.82) is 0 Å². The molecule has 0 aromatic heterocycles. The Kier molecular flexibility index (Phi) is 4.13. The zero-order valence-electron chi connectivity index (χ0n) is 6.03. The van der Waals surface area contributed by atoms with Gasteiger partial charge in [-0.3, -0.25) is 0 Å². The third kappa shape index (κ3) is 3.55. The van der Waals surface area contributed by atoms with Crippen LogP contribution in [0.3, 0.4) is 0 Å². The molecule has 1 aliphatic rings. The Morgan fingerprint density at radius 2 is 1.22 bits per heavy atom. The Balaban J connectivity index is 2.12. The second kappa shape index (κ2) is 4.66. The van der Waals surface area contributed by atoms with Gasteiger partial charge in [-0.2, -0.15) is 0 Å². The van der Waals surface area contributed by atoms with Crippen molar-refractivity contribution in [3.05, 3.63) is 0 Å². The summed E-state index contributed by atoms with van der Waals surface area (Å²) in [6.07, 6.45) is 10.6. The third-order valence-corrected chi connectivity index (χ3v) is 3.52. The zero-order valence-corrected chi connectivity index (χ0v) is 8.49. The van der Waals surface area contributed by atoms with E-state index in [1.54, 1.807) is 24.7 Å². The molecule has 1 aliphatic carbocycles. The van der Waals surface area contributed by atoms with Crippen molar-refractivity contribution in [2.24, 2.45) is 0 Å². The van der Waals surface area contributed by atoms with Gasteiger partial charge in [0.1, 0.15) is 0 Å². The zero-order chi connectivity index (χ0) is 6.53. The Labute approximate surface area is 73.3 Å². The van der Waals surface area contributed by atoms with Crippen molar-refractivity contribution in [3.63, 3.8) is 0 Å². The van der Waals surface area contributed by atoms with E-state index in [9.17, 15) is 0 Å². The van der Waals surface area contributed by atoms with Gasteiger partial charge in [0.25, 0.3) is 0 Å². The van der Waals surface area contributed by atoms with Crippen molar-refractivity contribution in [2.45, 2.75) is 48.6 Å². The Morgan fingerprint density at radius 3 is 1.78 bits per heavy atom. The standard InChI is InChI=1S/C8H15.Zr/c1-2-4-6-8-7-5-3-1;/h1H,2-8H2;. The predicted octanol–water partition coefficient (Wildman–Crippen LogP) is 3.07. The SMILES string of the molecule is [Zr][CH]1CCCCCCC1. The van der Waals surface area contributed by atoms with E-state index in [0.717, 1.165) is 3.63 Å². The Morgan fingerprint density at radius 1 is 0.778 bits per heavy atom. The Bertz CT molecular complexity index is 63.0. The maximum atomic E-state index is 1.78.